The molecule has 1 amide bonds. The molecule has 0 aliphatic carbocycles. The highest BCUT2D eigenvalue weighted by Crippen LogP contribution is 2.39. The number of hydrogen-bond donors (Lipinski definition) is 1. The van der Waals surface area contributed by atoms with E-state index in [1.54, 1.807) is 12.1 Å². The number of nitriles is 1. The van der Waals surface area contributed by atoms with Crippen molar-refractivity contribution in [3.05, 3.63) is 65.0 Å². The lowest BCUT2D eigenvalue weighted by molar-refractivity contribution is 0.143. The van der Waals surface area contributed by atoms with E-state index in [0.29, 0.717) is 10.4 Å². The summed E-state index contributed by atoms with van der Waals surface area (Å²) in [7, 11) is -2.70. The number of nitrogens with zero attached hydrogens (tertiary/aromatic N) is 2. The van der Waals surface area contributed by atoms with Crippen molar-refractivity contribution in [2.75, 3.05) is 7.05 Å². The van der Waals surface area contributed by atoms with Crippen molar-refractivity contribution in [3.8, 4) is 17.2 Å². The summed E-state index contributed by atoms with van der Waals surface area (Å²) in [6, 6.07) is 11.3. The highest BCUT2D eigenvalue weighted by molar-refractivity contribution is 7.93. The van der Waals surface area contributed by atoms with Crippen LogP contribution in [0, 0.1) is 17.1 Å². The molecule has 0 fully saturated rings. The number of rotatable bonds is 5. The number of pyridine rings is 1. The number of ether oxygens (including phenoxy) is 1. The summed E-state index contributed by atoms with van der Waals surface area (Å²) >= 11 is 0.881. The second kappa shape index (κ2) is 8.38. The Kier molecular flexibility index (Phi) is 5.91. The van der Waals surface area contributed by atoms with Crippen LogP contribution in [0.5, 0.6) is 0 Å². The number of halogens is 1. The molecule has 1 N–H and O–H groups in total. The molecule has 0 saturated carbocycles. The molecule has 2 aromatic heterocycles. The molecular formula is C19H14FN3O4S2. The summed E-state index contributed by atoms with van der Waals surface area (Å²) in [4.78, 5) is 15.6. The first-order chi connectivity index (χ1) is 13.9. The number of hydrogen-bond acceptors (Lipinski definition) is 7. The first-order valence-corrected chi connectivity index (χ1v) is 10.5. The molecule has 29 heavy (non-hydrogen) atoms. The molecule has 0 radical (unpaired) electrons. The summed E-state index contributed by atoms with van der Waals surface area (Å²) in [5, 5.41) is 11.7. The molecule has 2 heterocycles. The summed E-state index contributed by atoms with van der Waals surface area (Å²) in [5.41, 5.74) is 0.589. The van der Waals surface area contributed by atoms with Crippen molar-refractivity contribution in [3.63, 3.8) is 0 Å². The molecule has 0 unspecified atom stereocenters. The van der Waals surface area contributed by atoms with Crippen molar-refractivity contribution in [1.29, 1.82) is 5.26 Å². The highest BCUT2D eigenvalue weighted by atomic mass is 32.2. The van der Waals surface area contributed by atoms with Crippen LogP contribution in [0.25, 0.3) is 11.1 Å². The lowest BCUT2D eigenvalue weighted by Gasteiger charge is -2.07. The van der Waals surface area contributed by atoms with Crippen LogP contribution in [0.2, 0.25) is 0 Å². The molecule has 3 rings (SSSR count). The van der Waals surface area contributed by atoms with Crippen molar-refractivity contribution in [2.24, 2.45) is 0 Å². The van der Waals surface area contributed by atoms with E-state index in [1.165, 1.54) is 31.4 Å². The summed E-state index contributed by atoms with van der Waals surface area (Å²) in [5.74, 6) is -0.688. The molecule has 1 aromatic carbocycles. The first-order valence-electron chi connectivity index (χ1n) is 8.20. The molecule has 0 spiro atoms. The predicted octanol–water partition coefficient (Wildman–Crippen LogP) is 3.51. The average molecular weight is 431 g/mol. The SMILES string of the molecule is CNC(=O)OCc1cc(-c2cccnc2C#N)c(S(=O)(=O)c2cccc(F)c2)s1. The zero-order chi connectivity index (χ0) is 21.0. The number of carbonyl (C=O) groups is 1. The zero-order valence-corrected chi connectivity index (χ0v) is 16.7. The minimum Gasteiger partial charge on any atom is -0.444 e. The van der Waals surface area contributed by atoms with E-state index in [4.69, 9.17) is 4.74 Å². The molecule has 0 saturated heterocycles. The Bertz CT molecular complexity index is 1220. The number of benzene rings is 1. The van der Waals surface area contributed by atoms with Gasteiger partial charge in [-0.3, -0.25) is 0 Å². The van der Waals surface area contributed by atoms with Crippen molar-refractivity contribution < 1.29 is 22.3 Å². The second-order valence-corrected chi connectivity index (χ2v) is 8.99. The van der Waals surface area contributed by atoms with Crippen molar-refractivity contribution >= 4 is 27.3 Å². The van der Waals surface area contributed by atoms with Gasteiger partial charge >= 0.3 is 6.09 Å². The third-order valence-corrected chi connectivity index (χ3v) is 7.25. The van der Waals surface area contributed by atoms with Crippen LogP contribution in [0.3, 0.4) is 0 Å². The fraction of sp³-hybridized carbons (Fsp3) is 0.105. The van der Waals surface area contributed by atoms with Gasteiger partial charge in [0.2, 0.25) is 9.84 Å². The van der Waals surface area contributed by atoms with Crippen LogP contribution in [-0.2, 0) is 21.2 Å². The molecule has 148 valence electrons. The topological polar surface area (TPSA) is 109 Å². The standard InChI is InChI=1S/C19H14FN3O4S2/c1-22-19(24)27-11-13-9-16(15-6-3-7-23-17(15)10-21)18(28-13)29(25,26)14-5-2-4-12(20)8-14/h2-9H,11H2,1H3,(H,22,24). The van der Waals surface area contributed by atoms with Crippen LogP contribution >= 0.6 is 11.3 Å². The molecular weight excluding hydrogens is 417 g/mol. The van der Waals surface area contributed by atoms with E-state index in [2.05, 4.69) is 10.3 Å². The Labute approximate surface area is 170 Å². The van der Waals surface area contributed by atoms with Gasteiger partial charge in [-0.25, -0.2) is 22.6 Å². The lowest BCUT2D eigenvalue weighted by Crippen LogP contribution is -2.18. The number of amides is 1. The van der Waals surface area contributed by atoms with Gasteiger partial charge in [-0.1, -0.05) is 6.07 Å². The van der Waals surface area contributed by atoms with Gasteiger partial charge < -0.3 is 10.1 Å². The third kappa shape index (κ3) is 4.26. The van der Waals surface area contributed by atoms with Crippen LogP contribution in [0.15, 0.2) is 57.8 Å². The Hall–Kier alpha value is -3.29. The van der Waals surface area contributed by atoms with E-state index in [1.807, 2.05) is 6.07 Å². The van der Waals surface area contributed by atoms with Gasteiger partial charge in [-0.2, -0.15) is 5.26 Å². The van der Waals surface area contributed by atoms with E-state index >= 15 is 0 Å². The Morgan fingerprint density at radius 3 is 2.76 bits per heavy atom. The molecule has 0 atom stereocenters. The molecule has 10 heteroatoms. The van der Waals surface area contributed by atoms with Gasteiger partial charge in [0.05, 0.1) is 4.90 Å². The summed E-state index contributed by atoms with van der Waals surface area (Å²) < 4.78 is 45.0. The Morgan fingerprint density at radius 1 is 1.28 bits per heavy atom. The maximum absolute atomic E-state index is 13.6. The van der Waals surface area contributed by atoms with Gasteiger partial charge in [0.15, 0.2) is 0 Å². The normalized spacial score (nSPS) is 10.9. The maximum atomic E-state index is 13.6. The van der Waals surface area contributed by atoms with Gasteiger partial charge in [0.1, 0.15) is 28.4 Å². The van der Waals surface area contributed by atoms with E-state index in [-0.39, 0.29) is 27.0 Å². The minimum absolute atomic E-state index is 0.0414. The summed E-state index contributed by atoms with van der Waals surface area (Å²) in [6.45, 7) is -0.168. The molecule has 0 aliphatic rings. The maximum Gasteiger partial charge on any atom is 0.407 e. The first kappa shape index (κ1) is 20.4. The molecule has 3 aromatic rings. The van der Waals surface area contributed by atoms with Gasteiger partial charge in [-0.05, 0) is 36.4 Å². The Morgan fingerprint density at radius 2 is 2.07 bits per heavy atom. The molecule has 0 aliphatic heterocycles. The number of sulfone groups is 1. The van der Waals surface area contributed by atoms with Crippen LogP contribution in [-0.4, -0.2) is 26.5 Å². The zero-order valence-electron chi connectivity index (χ0n) is 15.0. The second-order valence-electron chi connectivity index (χ2n) is 5.71. The van der Waals surface area contributed by atoms with E-state index < -0.39 is 21.7 Å². The summed E-state index contributed by atoms with van der Waals surface area (Å²) in [6.07, 6.45) is 0.749. The predicted molar refractivity (Wildman–Crippen MR) is 103 cm³/mol. The number of carbonyl (C=O) groups excluding carboxylic acids is 1. The average Bonchev–Trinajstić information content (AvgIpc) is 3.17. The Balaban J connectivity index is 2.18. The number of alkyl carbamates (subject to hydrolysis) is 1. The van der Waals surface area contributed by atoms with E-state index in [9.17, 15) is 22.9 Å². The lowest BCUT2D eigenvalue weighted by atomic mass is 10.1. The third-order valence-electron chi connectivity index (χ3n) is 3.85. The number of nitrogens with one attached hydrogen (secondary N) is 1. The van der Waals surface area contributed by atoms with Gasteiger partial charge in [0.25, 0.3) is 0 Å². The minimum atomic E-state index is -4.10. The highest BCUT2D eigenvalue weighted by Gasteiger charge is 2.27. The van der Waals surface area contributed by atoms with Crippen molar-refractivity contribution in [2.45, 2.75) is 15.7 Å². The molecule has 7 nitrogen and oxygen atoms in total. The largest absolute Gasteiger partial charge is 0.444 e. The molecule has 0 bridgehead atoms. The number of aromatic nitrogens is 1. The monoisotopic (exact) mass is 431 g/mol. The van der Waals surface area contributed by atoms with Crippen LogP contribution < -0.4 is 5.32 Å². The van der Waals surface area contributed by atoms with E-state index in [0.717, 1.165) is 23.5 Å². The fourth-order valence-corrected chi connectivity index (χ4v) is 5.60. The van der Waals surface area contributed by atoms with Crippen LogP contribution in [0.4, 0.5) is 9.18 Å². The quantitative estimate of drug-likeness (QED) is 0.662. The van der Waals surface area contributed by atoms with Gasteiger partial charge in [-0.15, -0.1) is 11.3 Å². The smallest absolute Gasteiger partial charge is 0.407 e. The van der Waals surface area contributed by atoms with Crippen LogP contribution in [0.1, 0.15) is 10.6 Å². The number of thiophene rings is 1. The van der Waals surface area contributed by atoms with Crippen molar-refractivity contribution in [1.82, 2.24) is 10.3 Å². The van der Waals surface area contributed by atoms with Gasteiger partial charge in [0, 0.05) is 29.2 Å². The fourth-order valence-electron chi connectivity index (χ4n) is 2.54.